The highest BCUT2D eigenvalue weighted by atomic mass is 16.4. The molecule has 0 saturated carbocycles. The minimum atomic E-state index is -1.56. The first-order valence-corrected chi connectivity index (χ1v) is 32.5. The highest BCUT2D eigenvalue weighted by molar-refractivity contribution is 5.98. The number of primary amides is 1. The molecule has 37 heteroatoms. The van der Waals surface area contributed by atoms with Crippen molar-refractivity contribution in [3.63, 3.8) is 0 Å². The Labute approximate surface area is 568 Å². The molecule has 0 bridgehead atoms. The van der Waals surface area contributed by atoms with Crippen molar-refractivity contribution in [2.75, 3.05) is 98.2 Å². The van der Waals surface area contributed by atoms with Gasteiger partial charge in [-0.25, -0.2) is 4.98 Å². The highest BCUT2D eigenvalue weighted by Gasteiger charge is 2.36. The van der Waals surface area contributed by atoms with E-state index in [1.54, 1.807) is 77.6 Å². The van der Waals surface area contributed by atoms with Crippen LogP contribution in [0.2, 0.25) is 0 Å². The molecule has 0 spiro atoms. The molecular formula is C61H102N22O15. The molecule has 2 heterocycles. The van der Waals surface area contributed by atoms with Crippen LogP contribution in [-0.4, -0.2) is 274 Å². The van der Waals surface area contributed by atoms with Gasteiger partial charge in [0.15, 0.2) is 11.9 Å². The molecule has 0 aliphatic carbocycles. The Hall–Kier alpha value is -9.59. The zero-order chi connectivity index (χ0) is 73.0. The van der Waals surface area contributed by atoms with Crippen molar-refractivity contribution in [3.8, 4) is 0 Å². The molecule has 1 saturated heterocycles. The number of nitrogens with one attached hydrogen (secondary N) is 9. The number of carbonyl (C=O) groups excluding carboxylic acids is 9. The summed E-state index contributed by atoms with van der Waals surface area (Å²) >= 11 is 0. The number of rotatable bonds is 41. The van der Waals surface area contributed by atoms with E-state index in [2.05, 4.69) is 62.5 Å². The molecule has 2 aromatic rings. The summed E-state index contributed by atoms with van der Waals surface area (Å²) in [6.45, 7) is 7.32. The lowest BCUT2D eigenvalue weighted by molar-refractivity contribution is -0.140. The number of benzene rings is 1. The molecular weight excluding hydrogens is 1280 g/mol. The van der Waals surface area contributed by atoms with E-state index < -0.39 is 145 Å². The van der Waals surface area contributed by atoms with Crippen molar-refractivity contribution in [2.45, 2.75) is 134 Å². The number of nitrogens with zero attached hydrogens (tertiary/aromatic N) is 7. The van der Waals surface area contributed by atoms with Crippen LogP contribution in [0.1, 0.15) is 84.4 Å². The molecule has 0 radical (unpaired) electrons. The lowest BCUT2D eigenvalue weighted by atomic mass is 9.95. The Morgan fingerprint density at radius 1 is 0.520 bits per heavy atom. The van der Waals surface area contributed by atoms with Crippen LogP contribution in [0.4, 0.5) is 0 Å². The Morgan fingerprint density at radius 3 is 1.37 bits per heavy atom. The SMILES string of the molecule is CC[C@H](C)[C@H](NC(=O)[C@H](CC(C)C)NC(=O)[C@H](CCCN=C(N)N)NC(=O)[C@H](CCCN=C(N)N)NC(=O)C(CN)NC(=O)[C@H](C)NC(=O)[C@H](Cc1cnc[nH]1)NC(=O)CN1CCN(CC(=O)O)CCN(CC(=O)O)CCN(CC(=O)O)CC1)C(=O)N[C@@H](Cc1ccccc1)C(N)=O. The number of hydrogen-bond acceptors (Lipinski definition) is 20. The third-order valence-electron chi connectivity index (χ3n) is 15.9. The van der Waals surface area contributed by atoms with Gasteiger partial charge in [-0.1, -0.05) is 64.4 Å². The summed E-state index contributed by atoms with van der Waals surface area (Å²) in [7, 11) is 0. The second-order valence-electron chi connectivity index (χ2n) is 24.4. The van der Waals surface area contributed by atoms with Crippen molar-refractivity contribution < 1.29 is 72.9 Å². The number of carbonyl (C=O) groups is 12. The number of H-pyrrole nitrogens is 1. The Bertz CT molecular complexity index is 2960. The summed E-state index contributed by atoms with van der Waals surface area (Å²) in [5.74, 6) is -12.1. The first kappa shape index (κ1) is 82.6. The standard InChI is InChI=1S/C61H102N22O15/c1-6-37(4)51(59(98)76-43(52(63)91)27-39-12-8-7-9-13-39)79-57(96)44(26-36(2)3)77-55(94)42(15-11-17-70-61(66)67)74-54(93)41(14-10-16-69-60(64)65)75-58(97)46(29-62)78-53(92)38(5)72-56(95)45(28-40-30-68-35-71-40)73-47(84)31-80-18-20-81(32-48(85)86)22-24-83(34-50(89)90)25-23-82(21-19-80)33-49(87)88/h7-9,12-13,30,35-38,41-46,51H,6,10-11,14-29,31-34,62H2,1-5H3,(H2,63,91)(H,68,71)(H,72,95)(H,73,84)(H,74,93)(H,75,97)(H,76,98)(H,77,94)(H,78,92)(H,79,96)(H,85,86)(H,87,88)(H,89,90)(H4,64,65,69)(H4,66,67,70)/t37-,38-,41-,42-,43-,44-,45-,46?,51-/m0/s1. The summed E-state index contributed by atoms with van der Waals surface area (Å²) in [5.41, 5.74) is 35.2. The van der Waals surface area contributed by atoms with E-state index in [0.717, 1.165) is 5.56 Å². The van der Waals surface area contributed by atoms with E-state index >= 15 is 0 Å². The number of guanidine groups is 2. The summed E-state index contributed by atoms with van der Waals surface area (Å²) < 4.78 is 0. The molecule has 1 aromatic carbocycles. The minimum Gasteiger partial charge on any atom is -0.480 e. The van der Waals surface area contributed by atoms with E-state index in [1.165, 1.54) is 19.4 Å². The van der Waals surface area contributed by atoms with E-state index in [0.29, 0.717) is 12.1 Å². The molecule has 1 unspecified atom stereocenters. The molecule has 1 aliphatic rings. The number of hydrogen-bond donors (Lipinski definition) is 18. The summed E-state index contributed by atoms with van der Waals surface area (Å²) in [4.78, 5) is 183. The number of imidazole rings is 1. The third-order valence-corrected chi connectivity index (χ3v) is 15.9. The van der Waals surface area contributed by atoms with E-state index in [-0.39, 0.29) is 141 Å². The highest BCUT2D eigenvalue weighted by Crippen LogP contribution is 2.14. The number of aromatic nitrogens is 2. The average Bonchev–Trinajstić information content (AvgIpc) is 0.885. The lowest BCUT2D eigenvalue weighted by Crippen LogP contribution is -2.61. The predicted molar refractivity (Wildman–Crippen MR) is 359 cm³/mol. The largest absolute Gasteiger partial charge is 0.480 e. The number of carboxylic acid groups (broad SMARTS) is 3. The van der Waals surface area contributed by atoms with Crippen LogP contribution in [0.25, 0.3) is 0 Å². The van der Waals surface area contributed by atoms with E-state index in [9.17, 15) is 72.9 Å². The van der Waals surface area contributed by atoms with Gasteiger partial charge >= 0.3 is 17.9 Å². The van der Waals surface area contributed by atoms with Crippen molar-refractivity contribution in [1.82, 2.24) is 72.1 Å². The second kappa shape index (κ2) is 43.6. The average molecular weight is 1380 g/mol. The van der Waals surface area contributed by atoms with Crippen LogP contribution in [0.3, 0.4) is 0 Å². The molecule has 98 heavy (non-hydrogen) atoms. The number of carboxylic acids is 3. The van der Waals surface area contributed by atoms with Crippen LogP contribution >= 0.6 is 0 Å². The molecule has 1 fully saturated rings. The fourth-order valence-corrected chi connectivity index (χ4v) is 10.3. The molecule has 9 amide bonds. The first-order valence-electron chi connectivity index (χ1n) is 32.5. The van der Waals surface area contributed by atoms with Gasteiger partial charge in [0.25, 0.3) is 0 Å². The van der Waals surface area contributed by atoms with Gasteiger partial charge in [0, 0.05) is 96.7 Å². The third kappa shape index (κ3) is 32.4. The number of aliphatic carboxylic acids is 3. The predicted octanol–water partition coefficient (Wildman–Crippen LogP) is -6.79. The molecule has 3 rings (SSSR count). The monoisotopic (exact) mass is 1380 g/mol. The number of aromatic amines is 1. The summed E-state index contributed by atoms with van der Waals surface area (Å²) in [5, 5.41) is 50.0. The summed E-state index contributed by atoms with van der Waals surface area (Å²) in [6.07, 6.45) is 3.04. The van der Waals surface area contributed by atoms with Gasteiger partial charge in [0.1, 0.15) is 48.3 Å². The van der Waals surface area contributed by atoms with Crippen LogP contribution < -0.4 is 76.9 Å². The second-order valence-corrected chi connectivity index (χ2v) is 24.4. The van der Waals surface area contributed by atoms with Crippen molar-refractivity contribution >= 4 is 83.0 Å². The first-order chi connectivity index (χ1) is 46.4. The number of aliphatic imine (C=N–C) groups is 2. The smallest absolute Gasteiger partial charge is 0.317 e. The topological polar surface area (TPSA) is 584 Å². The molecule has 1 aliphatic heterocycles. The maximum Gasteiger partial charge on any atom is 0.317 e. The van der Waals surface area contributed by atoms with E-state index in [4.69, 9.17) is 34.4 Å². The molecule has 9 atom stereocenters. The van der Waals surface area contributed by atoms with Gasteiger partial charge in [-0.05, 0) is 56.4 Å². The van der Waals surface area contributed by atoms with Crippen molar-refractivity contribution in [3.05, 3.63) is 54.1 Å². The maximum absolute atomic E-state index is 14.5. The fraction of sp³-hybridized carbons (Fsp3) is 0.623. The van der Waals surface area contributed by atoms with Crippen LogP contribution in [-0.2, 0) is 70.4 Å². The Balaban J connectivity index is 1.86. The normalized spacial score (nSPS) is 16.3. The summed E-state index contributed by atoms with van der Waals surface area (Å²) in [6, 6.07) is -1.99. The molecule has 546 valence electrons. The lowest BCUT2D eigenvalue weighted by Gasteiger charge is -2.33. The molecule has 37 nitrogen and oxygen atoms in total. The Kier molecular flexibility index (Phi) is 36.7. The van der Waals surface area contributed by atoms with Crippen LogP contribution in [0.5, 0.6) is 0 Å². The fourth-order valence-electron chi connectivity index (χ4n) is 10.3. The van der Waals surface area contributed by atoms with Crippen LogP contribution in [0.15, 0.2) is 52.8 Å². The van der Waals surface area contributed by atoms with Crippen LogP contribution in [0, 0.1) is 11.8 Å². The van der Waals surface area contributed by atoms with Gasteiger partial charge < -0.3 is 97.2 Å². The van der Waals surface area contributed by atoms with Gasteiger partial charge in [-0.2, -0.15) is 0 Å². The number of amides is 9. The van der Waals surface area contributed by atoms with Gasteiger partial charge in [-0.15, -0.1) is 0 Å². The van der Waals surface area contributed by atoms with E-state index in [1.807, 2.05) is 0 Å². The number of nitrogens with two attached hydrogens (primary N) is 6. The van der Waals surface area contributed by atoms with Crippen molar-refractivity contribution in [2.24, 2.45) is 56.2 Å². The zero-order valence-corrected chi connectivity index (χ0v) is 56.4. The molecule has 24 N–H and O–H groups in total. The molecule has 1 aromatic heterocycles. The maximum atomic E-state index is 14.5. The van der Waals surface area contributed by atoms with Crippen molar-refractivity contribution in [1.29, 1.82) is 0 Å². The minimum absolute atomic E-state index is 0.00463. The van der Waals surface area contributed by atoms with Gasteiger partial charge in [0.05, 0.1) is 32.5 Å². The quantitative estimate of drug-likeness (QED) is 0.0167. The van der Waals surface area contributed by atoms with Gasteiger partial charge in [0.2, 0.25) is 53.2 Å². The Morgan fingerprint density at radius 2 is 0.949 bits per heavy atom. The van der Waals surface area contributed by atoms with Gasteiger partial charge in [-0.3, -0.25) is 87.1 Å². The zero-order valence-electron chi connectivity index (χ0n) is 56.4.